The van der Waals surface area contributed by atoms with Crippen LogP contribution in [0.5, 0.6) is 0 Å². The van der Waals surface area contributed by atoms with E-state index in [1.165, 1.54) is 0 Å². The van der Waals surface area contributed by atoms with Gasteiger partial charge in [-0.2, -0.15) is 5.26 Å². The van der Waals surface area contributed by atoms with E-state index in [1.807, 2.05) is 26.8 Å². The fourth-order valence-corrected chi connectivity index (χ4v) is 1.99. The van der Waals surface area contributed by atoms with E-state index in [-0.39, 0.29) is 11.8 Å². The quantitative estimate of drug-likeness (QED) is 0.845. The van der Waals surface area contributed by atoms with E-state index < -0.39 is 11.9 Å². The van der Waals surface area contributed by atoms with Gasteiger partial charge in [0.25, 0.3) is 0 Å². The van der Waals surface area contributed by atoms with Crippen molar-refractivity contribution < 1.29 is 9.90 Å². The Bertz CT molecular complexity index is 541. The third-order valence-corrected chi connectivity index (χ3v) is 3.00. The molecule has 0 radical (unpaired) electrons. The van der Waals surface area contributed by atoms with Crippen molar-refractivity contribution in [3.05, 3.63) is 35.4 Å². The van der Waals surface area contributed by atoms with Crippen LogP contribution in [-0.2, 0) is 4.79 Å². The second kappa shape index (κ2) is 6.61. The predicted octanol–water partition coefficient (Wildman–Crippen LogP) is 2.90. The summed E-state index contributed by atoms with van der Waals surface area (Å²) in [5.41, 5.74) is 1.38. The Hall–Kier alpha value is -2.26. The Morgan fingerprint density at radius 1 is 1.16 bits per heavy atom. The third kappa shape index (κ3) is 4.16. The minimum Gasteiger partial charge on any atom is -0.481 e. The highest BCUT2D eigenvalue weighted by Gasteiger charge is 2.26. The zero-order valence-electron chi connectivity index (χ0n) is 11.3. The number of carboxylic acids is 1. The maximum Gasteiger partial charge on any atom is 0.308 e. The molecule has 1 rings (SSSR count). The average Bonchev–Trinajstić information content (AvgIpc) is 2.36. The van der Waals surface area contributed by atoms with E-state index >= 15 is 0 Å². The van der Waals surface area contributed by atoms with Crippen LogP contribution in [0.3, 0.4) is 0 Å². The van der Waals surface area contributed by atoms with Gasteiger partial charge < -0.3 is 5.11 Å². The summed E-state index contributed by atoms with van der Waals surface area (Å²) in [5.74, 6) is 4.50. The molecular formula is C16H17NO2. The van der Waals surface area contributed by atoms with Gasteiger partial charge in [-0.1, -0.05) is 32.6 Å². The van der Waals surface area contributed by atoms with Crippen LogP contribution in [0.1, 0.15) is 31.9 Å². The summed E-state index contributed by atoms with van der Waals surface area (Å²) in [6.07, 6.45) is 0. The number of hydrogen-bond acceptors (Lipinski definition) is 2. The van der Waals surface area contributed by atoms with Gasteiger partial charge >= 0.3 is 5.97 Å². The first kappa shape index (κ1) is 14.8. The maximum absolute atomic E-state index is 11.2. The Labute approximate surface area is 113 Å². The van der Waals surface area contributed by atoms with Gasteiger partial charge in [-0.25, -0.2) is 0 Å². The molecule has 2 unspecified atom stereocenters. The Kier molecular flexibility index (Phi) is 5.15. The van der Waals surface area contributed by atoms with Gasteiger partial charge in [-0.3, -0.25) is 4.79 Å². The topological polar surface area (TPSA) is 61.1 Å². The van der Waals surface area contributed by atoms with Crippen LogP contribution in [0.15, 0.2) is 24.3 Å². The second-order valence-corrected chi connectivity index (χ2v) is 4.86. The molecule has 0 heterocycles. The maximum atomic E-state index is 11.2. The number of hydrogen-bond donors (Lipinski definition) is 1. The van der Waals surface area contributed by atoms with Crippen molar-refractivity contribution in [3.63, 3.8) is 0 Å². The van der Waals surface area contributed by atoms with Crippen LogP contribution >= 0.6 is 0 Å². The first-order valence-corrected chi connectivity index (χ1v) is 6.20. The molecule has 0 spiro atoms. The van der Waals surface area contributed by atoms with Crippen LogP contribution in [-0.4, -0.2) is 11.1 Å². The summed E-state index contributed by atoms with van der Waals surface area (Å²) in [6.45, 7) is 5.60. The molecule has 0 fully saturated rings. The van der Waals surface area contributed by atoms with Crippen molar-refractivity contribution in [3.8, 4) is 17.9 Å². The van der Waals surface area contributed by atoms with Gasteiger partial charge in [0.1, 0.15) is 0 Å². The highest BCUT2D eigenvalue weighted by atomic mass is 16.4. The van der Waals surface area contributed by atoms with Gasteiger partial charge in [0.2, 0.25) is 0 Å². The van der Waals surface area contributed by atoms with Crippen LogP contribution in [0.25, 0.3) is 0 Å². The monoisotopic (exact) mass is 255 g/mol. The van der Waals surface area contributed by atoms with E-state index in [9.17, 15) is 9.90 Å². The molecule has 0 aliphatic heterocycles. The summed E-state index contributed by atoms with van der Waals surface area (Å²) in [5, 5.41) is 17.9. The standard InChI is InChI=1S/C16H17NO2/c1-11(2)15(16(18)19)12(3)4-5-13-6-8-14(10-17)9-7-13/h6-9,11-12,15H,1-3H3,(H,18,19). The second-order valence-electron chi connectivity index (χ2n) is 4.86. The number of carboxylic acid groups (broad SMARTS) is 1. The van der Waals surface area contributed by atoms with E-state index in [0.717, 1.165) is 5.56 Å². The molecule has 1 aromatic carbocycles. The molecule has 19 heavy (non-hydrogen) atoms. The molecule has 3 heteroatoms. The van der Waals surface area contributed by atoms with E-state index in [4.69, 9.17) is 5.26 Å². The summed E-state index contributed by atoms with van der Waals surface area (Å²) in [6, 6.07) is 8.98. The molecule has 0 amide bonds. The number of nitriles is 1. The van der Waals surface area contributed by atoms with Gasteiger partial charge in [0.15, 0.2) is 0 Å². The van der Waals surface area contributed by atoms with Gasteiger partial charge in [-0.15, -0.1) is 0 Å². The van der Waals surface area contributed by atoms with Crippen LogP contribution < -0.4 is 0 Å². The molecule has 0 aliphatic carbocycles. The zero-order chi connectivity index (χ0) is 14.4. The highest BCUT2D eigenvalue weighted by Crippen LogP contribution is 2.20. The van der Waals surface area contributed by atoms with Crippen molar-refractivity contribution in [2.24, 2.45) is 17.8 Å². The lowest BCUT2D eigenvalue weighted by atomic mass is 9.85. The van der Waals surface area contributed by atoms with E-state index in [0.29, 0.717) is 5.56 Å². The zero-order valence-corrected chi connectivity index (χ0v) is 11.3. The molecule has 3 nitrogen and oxygen atoms in total. The van der Waals surface area contributed by atoms with Crippen LogP contribution in [0.4, 0.5) is 0 Å². The molecule has 0 aliphatic rings. The van der Waals surface area contributed by atoms with Crippen molar-refractivity contribution in [2.45, 2.75) is 20.8 Å². The summed E-state index contributed by atoms with van der Waals surface area (Å²) in [7, 11) is 0. The molecule has 98 valence electrons. The van der Waals surface area contributed by atoms with Gasteiger partial charge in [-0.05, 0) is 30.2 Å². The van der Waals surface area contributed by atoms with Crippen molar-refractivity contribution in [1.29, 1.82) is 5.26 Å². The molecule has 1 N–H and O–H groups in total. The lowest BCUT2D eigenvalue weighted by Crippen LogP contribution is -2.25. The van der Waals surface area contributed by atoms with Crippen molar-refractivity contribution in [2.75, 3.05) is 0 Å². The van der Waals surface area contributed by atoms with E-state index in [2.05, 4.69) is 11.8 Å². The molecular weight excluding hydrogens is 238 g/mol. The highest BCUT2D eigenvalue weighted by molar-refractivity contribution is 5.71. The first-order valence-electron chi connectivity index (χ1n) is 6.20. The number of rotatable bonds is 3. The Balaban J connectivity index is 2.86. The number of carbonyl (C=O) groups is 1. The number of aliphatic carboxylic acids is 1. The SMILES string of the molecule is CC(C)C(C(=O)O)C(C)C#Cc1ccc(C#N)cc1. The molecule has 2 atom stereocenters. The first-order chi connectivity index (χ1) is 8.95. The predicted molar refractivity (Wildman–Crippen MR) is 73.2 cm³/mol. The minimum atomic E-state index is -0.809. The largest absolute Gasteiger partial charge is 0.481 e. The van der Waals surface area contributed by atoms with Crippen molar-refractivity contribution >= 4 is 5.97 Å². The lowest BCUT2D eigenvalue weighted by molar-refractivity contribution is -0.144. The number of nitrogens with zero attached hydrogens (tertiary/aromatic N) is 1. The minimum absolute atomic E-state index is 0.0442. The Morgan fingerprint density at radius 3 is 2.11 bits per heavy atom. The third-order valence-electron chi connectivity index (χ3n) is 3.00. The van der Waals surface area contributed by atoms with Gasteiger partial charge in [0.05, 0.1) is 17.6 Å². The molecule has 0 saturated heterocycles. The Morgan fingerprint density at radius 2 is 1.68 bits per heavy atom. The van der Waals surface area contributed by atoms with Crippen molar-refractivity contribution in [1.82, 2.24) is 0 Å². The fourth-order valence-electron chi connectivity index (χ4n) is 1.99. The van der Waals surface area contributed by atoms with Crippen LogP contribution in [0.2, 0.25) is 0 Å². The molecule has 1 aromatic rings. The molecule has 0 aromatic heterocycles. The average molecular weight is 255 g/mol. The summed E-state index contributed by atoms with van der Waals surface area (Å²) in [4.78, 5) is 11.2. The normalized spacial score (nSPS) is 13.0. The number of benzene rings is 1. The smallest absolute Gasteiger partial charge is 0.308 e. The van der Waals surface area contributed by atoms with Gasteiger partial charge in [0, 0.05) is 11.5 Å². The fraction of sp³-hybridized carbons (Fsp3) is 0.375. The lowest BCUT2D eigenvalue weighted by Gasteiger charge is -2.18. The van der Waals surface area contributed by atoms with E-state index in [1.54, 1.807) is 24.3 Å². The molecule has 0 bridgehead atoms. The van der Waals surface area contributed by atoms with Crippen LogP contribution in [0, 0.1) is 40.9 Å². The summed E-state index contributed by atoms with van der Waals surface area (Å²) >= 11 is 0. The summed E-state index contributed by atoms with van der Waals surface area (Å²) < 4.78 is 0. The molecule has 0 saturated carbocycles.